The summed E-state index contributed by atoms with van der Waals surface area (Å²) >= 11 is 0. The van der Waals surface area contributed by atoms with Crippen LogP contribution in [0.4, 0.5) is 4.79 Å². The van der Waals surface area contributed by atoms with Crippen LogP contribution in [0.15, 0.2) is 30.3 Å². The maximum Gasteiger partial charge on any atom is 0.318 e. The van der Waals surface area contributed by atoms with Crippen LogP contribution in [-0.4, -0.2) is 53.7 Å². The average Bonchev–Trinajstić information content (AvgIpc) is 3.21. The minimum Gasteiger partial charge on any atom is -0.394 e. The third-order valence-electron chi connectivity index (χ3n) is 5.76. The maximum atomic E-state index is 12.6. The van der Waals surface area contributed by atoms with Crippen LogP contribution in [0.3, 0.4) is 0 Å². The molecule has 0 radical (unpaired) electrons. The van der Waals surface area contributed by atoms with E-state index >= 15 is 0 Å². The van der Waals surface area contributed by atoms with Crippen molar-refractivity contribution in [2.24, 2.45) is 0 Å². The molecule has 3 N–H and O–H groups in total. The van der Waals surface area contributed by atoms with Gasteiger partial charge in [0.15, 0.2) is 0 Å². The summed E-state index contributed by atoms with van der Waals surface area (Å²) in [6.45, 7) is 4.34. The molecular formula is C22H31N3O3. The van der Waals surface area contributed by atoms with E-state index in [4.69, 9.17) is 0 Å². The molecule has 1 fully saturated rings. The second-order valence-corrected chi connectivity index (χ2v) is 7.66. The molecule has 3 amide bonds. The van der Waals surface area contributed by atoms with Gasteiger partial charge in [-0.3, -0.25) is 4.79 Å². The van der Waals surface area contributed by atoms with Crippen molar-refractivity contribution in [1.29, 1.82) is 0 Å². The van der Waals surface area contributed by atoms with Crippen LogP contribution in [0.2, 0.25) is 0 Å². The van der Waals surface area contributed by atoms with Gasteiger partial charge < -0.3 is 20.6 Å². The van der Waals surface area contributed by atoms with E-state index in [9.17, 15) is 14.7 Å². The highest BCUT2D eigenvalue weighted by Crippen LogP contribution is 2.41. The minimum atomic E-state index is -0.285. The van der Waals surface area contributed by atoms with E-state index < -0.39 is 0 Å². The van der Waals surface area contributed by atoms with E-state index in [1.165, 1.54) is 24.5 Å². The molecule has 1 aliphatic heterocycles. The second-order valence-electron chi connectivity index (χ2n) is 7.66. The van der Waals surface area contributed by atoms with Crippen LogP contribution in [0.1, 0.15) is 56.6 Å². The number of benzene rings is 1. The van der Waals surface area contributed by atoms with Crippen LogP contribution < -0.4 is 10.6 Å². The molecule has 1 aromatic carbocycles. The van der Waals surface area contributed by atoms with Gasteiger partial charge >= 0.3 is 6.03 Å². The largest absolute Gasteiger partial charge is 0.394 e. The van der Waals surface area contributed by atoms with Crippen molar-refractivity contribution in [2.45, 2.75) is 57.5 Å². The van der Waals surface area contributed by atoms with E-state index in [2.05, 4.69) is 41.0 Å². The molecule has 3 atom stereocenters. The maximum absolute atomic E-state index is 12.6. The minimum absolute atomic E-state index is 0.00386. The van der Waals surface area contributed by atoms with Gasteiger partial charge in [0, 0.05) is 25.9 Å². The molecule has 152 valence electrons. The molecule has 0 aromatic heterocycles. The fourth-order valence-corrected chi connectivity index (χ4v) is 4.34. The van der Waals surface area contributed by atoms with Gasteiger partial charge in [-0.05, 0) is 42.4 Å². The summed E-state index contributed by atoms with van der Waals surface area (Å²) in [5, 5.41) is 15.7. The smallest absolute Gasteiger partial charge is 0.318 e. The molecule has 1 aromatic rings. The van der Waals surface area contributed by atoms with E-state index in [-0.39, 0.29) is 36.5 Å². The van der Waals surface area contributed by atoms with Gasteiger partial charge in [-0.2, -0.15) is 0 Å². The fourth-order valence-electron chi connectivity index (χ4n) is 4.34. The molecule has 1 heterocycles. The lowest BCUT2D eigenvalue weighted by atomic mass is 9.75. The lowest BCUT2D eigenvalue weighted by molar-refractivity contribution is -0.119. The number of amides is 3. The molecule has 0 saturated carbocycles. The number of aliphatic hydroxyl groups is 1. The zero-order valence-electron chi connectivity index (χ0n) is 16.8. The fraction of sp³-hybridized carbons (Fsp3) is 0.545. The Labute approximate surface area is 167 Å². The summed E-state index contributed by atoms with van der Waals surface area (Å²) in [6.07, 6.45) is 6.63. The molecule has 3 rings (SSSR count). The standard InChI is InChI=1S/C22H31N3O3/c1-3-12-23-22(28)25-19(13-24-15(2)27)21(20(25)14-26)18-10-8-17(9-11-18)16-6-4-5-7-16/h6,8-11,19-21,26H,3-5,7,12-14H2,1-2H3,(H,23,28)(H,24,27)/t19-,20-,21-/m1/s1. The first-order valence-corrected chi connectivity index (χ1v) is 10.3. The van der Waals surface area contributed by atoms with Crippen LogP contribution in [-0.2, 0) is 4.79 Å². The summed E-state index contributed by atoms with van der Waals surface area (Å²) in [7, 11) is 0. The molecular weight excluding hydrogens is 354 g/mol. The molecule has 6 nitrogen and oxygen atoms in total. The van der Waals surface area contributed by atoms with Crippen molar-refractivity contribution in [3.05, 3.63) is 41.5 Å². The number of rotatable bonds is 7. The Bertz CT molecular complexity index is 729. The highest BCUT2D eigenvalue weighted by Gasteiger charge is 2.51. The number of hydrogen-bond donors (Lipinski definition) is 3. The summed E-state index contributed by atoms with van der Waals surface area (Å²) < 4.78 is 0. The predicted octanol–water partition coefficient (Wildman–Crippen LogP) is 2.64. The zero-order chi connectivity index (χ0) is 20.1. The van der Waals surface area contributed by atoms with Crippen molar-refractivity contribution < 1.29 is 14.7 Å². The van der Waals surface area contributed by atoms with Crippen molar-refractivity contribution in [2.75, 3.05) is 19.7 Å². The molecule has 2 aliphatic rings. The van der Waals surface area contributed by atoms with Gasteiger partial charge in [-0.15, -0.1) is 0 Å². The van der Waals surface area contributed by atoms with Crippen LogP contribution >= 0.6 is 0 Å². The molecule has 0 bridgehead atoms. The number of allylic oxidation sites excluding steroid dienone is 2. The third-order valence-corrected chi connectivity index (χ3v) is 5.76. The van der Waals surface area contributed by atoms with Gasteiger partial charge in [-0.25, -0.2) is 4.79 Å². The summed E-state index contributed by atoms with van der Waals surface area (Å²) in [4.78, 5) is 25.7. The number of likely N-dealkylation sites (tertiary alicyclic amines) is 1. The van der Waals surface area contributed by atoms with Crippen molar-refractivity contribution in [3.8, 4) is 0 Å². The van der Waals surface area contributed by atoms with Crippen LogP contribution in [0, 0.1) is 0 Å². The first-order valence-electron chi connectivity index (χ1n) is 10.3. The van der Waals surface area contributed by atoms with Gasteiger partial charge in [0.05, 0.1) is 18.7 Å². The van der Waals surface area contributed by atoms with E-state index in [0.717, 1.165) is 24.8 Å². The second kappa shape index (κ2) is 9.24. The summed E-state index contributed by atoms with van der Waals surface area (Å²) in [5.41, 5.74) is 3.74. The number of nitrogens with zero attached hydrogens (tertiary/aromatic N) is 1. The number of hydrogen-bond acceptors (Lipinski definition) is 3. The number of aliphatic hydroxyl groups excluding tert-OH is 1. The van der Waals surface area contributed by atoms with Crippen molar-refractivity contribution in [1.82, 2.24) is 15.5 Å². The highest BCUT2D eigenvalue weighted by molar-refractivity contribution is 5.77. The SMILES string of the molecule is CCCNC(=O)N1[C@H](CO)[C@H](c2ccc(C3=CCCC3)cc2)[C@H]1CNC(C)=O. The molecule has 28 heavy (non-hydrogen) atoms. The normalized spacial score (nSPS) is 23.8. The zero-order valence-corrected chi connectivity index (χ0v) is 16.8. The molecule has 6 heteroatoms. The van der Waals surface area contributed by atoms with Gasteiger partial charge in [0.1, 0.15) is 0 Å². The van der Waals surface area contributed by atoms with Gasteiger partial charge in [0.25, 0.3) is 0 Å². The lowest BCUT2D eigenvalue weighted by Crippen LogP contribution is -2.70. The Kier molecular flexibility index (Phi) is 6.73. The van der Waals surface area contributed by atoms with Crippen molar-refractivity contribution in [3.63, 3.8) is 0 Å². The first-order chi connectivity index (χ1) is 13.6. The third kappa shape index (κ3) is 4.22. The Morgan fingerprint density at radius 3 is 2.50 bits per heavy atom. The number of carbonyl (C=O) groups excluding carboxylic acids is 2. The van der Waals surface area contributed by atoms with E-state index in [1.54, 1.807) is 4.90 Å². The Hall–Kier alpha value is -2.34. The van der Waals surface area contributed by atoms with Gasteiger partial charge in [0.2, 0.25) is 5.91 Å². The Morgan fingerprint density at radius 2 is 1.93 bits per heavy atom. The summed E-state index contributed by atoms with van der Waals surface area (Å²) in [6, 6.07) is 7.84. The Morgan fingerprint density at radius 1 is 1.18 bits per heavy atom. The molecule has 0 unspecified atom stereocenters. The highest BCUT2D eigenvalue weighted by atomic mass is 16.3. The molecule has 1 aliphatic carbocycles. The molecule has 1 saturated heterocycles. The topological polar surface area (TPSA) is 81.7 Å². The van der Waals surface area contributed by atoms with Crippen molar-refractivity contribution >= 4 is 17.5 Å². The Balaban J connectivity index is 1.79. The molecule has 0 spiro atoms. The average molecular weight is 386 g/mol. The number of carbonyl (C=O) groups is 2. The quantitative estimate of drug-likeness (QED) is 0.675. The summed E-state index contributed by atoms with van der Waals surface area (Å²) in [5.74, 6) is -0.125. The monoisotopic (exact) mass is 385 g/mol. The number of urea groups is 1. The van der Waals surface area contributed by atoms with Crippen LogP contribution in [0.5, 0.6) is 0 Å². The lowest BCUT2D eigenvalue weighted by Gasteiger charge is -2.54. The van der Waals surface area contributed by atoms with Crippen LogP contribution in [0.25, 0.3) is 5.57 Å². The van der Waals surface area contributed by atoms with Gasteiger partial charge in [-0.1, -0.05) is 37.3 Å². The first kappa shape index (κ1) is 20.4. The predicted molar refractivity (Wildman–Crippen MR) is 110 cm³/mol. The van der Waals surface area contributed by atoms with E-state index in [0.29, 0.717) is 13.1 Å². The number of nitrogens with one attached hydrogen (secondary N) is 2. The van der Waals surface area contributed by atoms with E-state index in [1.807, 2.05) is 6.92 Å².